The second-order valence-electron chi connectivity index (χ2n) is 6.76. The molecule has 0 unspecified atom stereocenters. The highest BCUT2D eigenvalue weighted by Crippen LogP contribution is 2.29. The highest BCUT2D eigenvalue weighted by atomic mass is 32.2. The van der Waals surface area contributed by atoms with Gasteiger partial charge in [-0.15, -0.1) is 0 Å². The normalized spacial score (nSPS) is 16.2. The van der Waals surface area contributed by atoms with Crippen LogP contribution >= 0.6 is 0 Å². The molecule has 1 aromatic rings. The lowest BCUT2D eigenvalue weighted by molar-refractivity contribution is -0.116. The number of nitrogens with one attached hydrogen (secondary N) is 1. The Labute approximate surface area is 167 Å². The van der Waals surface area contributed by atoms with Gasteiger partial charge in [0.05, 0.1) is 19.5 Å². The number of piperidine rings is 1. The van der Waals surface area contributed by atoms with E-state index in [0.29, 0.717) is 50.3 Å². The predicted octanol–water partition coefficient (Wildman–Crippen LogP) is 2.29. The summed E-state index contributed by atoms with van der Waals surface area (Å²) in [5, 5.41) is 2.90. The van der Waals surface area contributed by atoms with Crippen molar-refractivity contribution >= 4 is 22.0 Å². The lowest BCUT2D eigenvalue weighted by Crippen LogP contribution is -2.40. The van der Waals surface area contributed by atoms with Gasteiger partial charge in [0.25, 0.3) is 0 Å². The van der Waals surface area contributed by atoms with Crippen molar-refractivity contribution in [1.82, 2.24) is 9.62 Å². The van der Waals surface area contributed by atoms with Crippen LogP contribution in [0.3, 0.4) is 0 Å². The molecule has 1 amide bonds. The molecule has 8 heteroatoms. The molecule has 0 spiro atoms. The number of benzene rings is 1. The fourth-order valence-electron chi connectivity index (χ4n) is 3.09. The van der Waals surface area contributed by atoms with E-state index in [1.165, 1.54) is 16.6 Å². The summed E-state index contributed by atoms with van der Waals surface area (Å²) in [5.74, 6) is 1.47. The van der Waals surface area contributed by atoms with Crippen LogP contribution in [0, 0.1) is 5.92 Å². The molecule has 0 atom stereocenters. The van der Waals surface area contributed by atoms with Gasteiger partial charge in [-0.2, -0.15) is 0 Å². The third kappa shape index (κ3) is 6.83. The highest BCUT2D eigenvalue weighted by Gasteiger charge is 2.24. The molecule has 28 heavy (non-hydrogen) atoms. The minimum atomic E-state index is -3.12. The van der Waals surface area contributed by atoms with Gasteiger partial charge in [0.2, 0.25) is 15.9 Å². The average molecular weight is 411 g/mol. The van der Waals surface area contributed by atoms with Crippen LogP contribution in [0.2, 0.25) is 0 Å². The summed E-state index contributed by atoms with van der Waals surface area (Å²) in [6.07, 6.45) is 5.98. The Hall–Kier alpha value is -2.06. The van der Waals surface area contributed by atoms with Gasteiger partial charge in [-0.05, 0) is 56.4 Å². The predicted molar refractivity (Wildman–Crippen MR) is 110 cm³/mol. The molecular formula is C20H30N2O5S. The van der Waals surface area contributed by atoms with E-state index in [-0.39, 0.29) is 5.91 Å². The first-order valence-corrected chi connectivity index (χ1v) is 11.5. The summed E-state index contributed by atoms with van der Waals surface area (Å²) in [6.45, 7) is 6.50. The van der Waals surface area contributed by atoms with Gasteiger partial charge in [0, 0.05) is 25.7 Å². The fourth-order valence-corrected chi connectivity index (χ4v) is 3.97. The third-order valence-electron chi connectivity index (χ3n) is 4.60. The molecule has 1 fully saturated rings. The number of sulfonamides is 1. The summed E-state index contributed by atoms with van der Waals surface area (Å²) in [4.78, 5) is 12.1. The van der Waals surface area contributed by atoms with Gasteiger partial charge < -0.3 is 14.8 Å². The largest absolute Gasteiger partial charge is 0.490 e. The molecule has 1 N–H and O–H groups in total. The Balaban J connectivity index is 1.84. The maximum Gasteiger partial charge on any atom is 0.244 e. The quantitative estimate of drug-likeness (QED) is 0.632. The molecule has 2 rings (SSSR count). The molecule has 156 valence electrons. The van der Waals surface area contributed by atoms with Crippen molar-refractivity contribution in [3.05, 3.63) is 29.8 Å². The van der Waals surface area contributed by atoms with Crippen molar-refractivity contribution in [2.24, 2.45) is 5.92 Å². The standard InChI is InChI=1S/C20H30N2O5S/c1-4-26-18-8-6-16(14-19(18)27-5-2)7-9-20(23)21-15-17-10-12-22(13-11-17)28(3,24)25/h6-9,14,17H,4-5,10-13,15H2,1-3H3,(H,21,23)/b9-7+. The number of amides is 1. The highest BCUT2D eigenvalue weighted by molar-refractivity contribution is 7.88. The Morgan fingerprint density at radius 3 is 2.43 bits per heavy atom. The van der Waals surface area contributed by atoms with Crippen LogP contribution in [-0.4, -0.2) is 57.7 Å². The number of nitrogens with zero attached hydrogens (tertiary/aromatic N) is 1. The Morgan fingerprint density at radius 1 is 1.18 bits per heavy atom. The van der Waals surface area contributed by atoms with E-state index in [2.05, 4.69) is 5.32 Å². The fraction of sp³-hybridized carbons (Fsp3) is 0.550. The van der Waals surface area contributed by atoms with Crippen molar-refractivity contribution in [2.75, 3.05) is 39.1 Å². The number of hydrogen-bond acceptors (Lipinski definition) is 5. The van der Waals surface area contributed by atoms with E-state index in [9.17, 15) is 13.2 Å². The average Bonchev–Trinajstić information content (AvgIpc) is 2.66. The minimum Gasteiger partial charge on any atom is -0.490 e. The van der Waals surface area contributed by atoms with Gasteiger partial charge in [-0.25, -0.2) is 12.7 Å². The number of carbonyl (C=O) groups is 1. The molecule has 1 aliphatic rings. The second-order valence-corrected chi connectivity index (χ2v) is 8.74. The molecule has 7 nitrogen and oxygen atoms in total. The van der Waals surface area contributed by atoms with Gasteiger partial charge in [-0.1, -0.05) is 6.07 Å². The first kappa shape index (κ1) is 22.2. The Bertz CT molecular complexity index is 784. The van der Waals surface area contributed by atoms with Crippen molar-refractivity contribution in [3.8, 4) is 11.5 Å². The van der Waals surface area contributed by atoms with E-state index in [1.807, 2.05) is 32.0 Å². The Kier molecular flexibility index (Phi) is 8.32. The van der Waals surface area contributed by atoms with E-state index < -0.39 is 10.0 Å². The molecular weight excluding hydrogens is 380 g/mol. The molecule has 1 heterocycles. The second kappa shape index (κ2) is 10.5. The number of carbonyl (C=O) groups excluding carboxylic acids is 1. The van der Waals surface area contributed by atoms with Gasteiger partial charge in [0.1, 0.15) is 0 Å². The molecule has 1 aromatic carbocycles. The van der Waals surface area contributed by atoms with E-state index >= 15 is 0 Å². The van der Waals surface area contributed by atoms with Crippen LogP contribution in [0.4, 0.5) is 0 Å². The zero-order chi connectivity index (χ0) is 20.6. The van der Waals surface area contributed by atoms with E-state index in [0.717, 1.165) is 18.4 Å². The maximum absolute atomic E-state index is 12.1. The molecule has 0 radical (unpaired) electrons. The summed E-state index contributed by atoms with van der Waals surface area (Å²) < 4.78 is 35.7. The smallest absolute Gasteiger partial charge is 0.244 e. The van der Waals surface area contributed by atoms with Gasteiger partial charge in [-0.3, -0.25) is 4.79 Å². The minimum absolute atomic E-state index is 0.169. The SMILES string of the molecule is CCOc1ccc(/C=C/C(=O)NCC2CCN(S(C)(=O)=O)CC2)cc1OCC. The zero-order valence-electron chi connectivity index (χ0n) is 16.8. The van der Waals surface area contributed by atoms with Crippen LogP contribution in [0.25, 0.3) is 6.08 Å². The number of ether oxygens (including phenoxy) is 2. The molecule has 0 aromatic heterocycles. The first-order chi connectivity index (χ1) is 13.3. The van der Waals surface area contributed by atoms with Crippen LogP contribution in [-0.2, 0) is 14.8 Å². The van der Waals surface area contributed by atoms with Crippen LogP contribution in [0.15, 0.2) is 24.3 Å². The summed E-state index contributed by atoms with van der Waals surface area (Å²) >= 11 is 0. The molecule has 0 bridgehead atoms. The van der Waals surface area contributed by atoms with E-state index in [1.54, 1.807) is 6.08 Å². The first-order valence-electron chi connectivity index (χ1n) is 9.64. The van der Waals surface area contributed by atoms with Crippen molar-refractivity contribution < 1.29 is 22.7 Å². The van der Waals surface area contributed by atoms with Gasteiger partial charge in [0.15, 0.2) is 11.5 Å². The molecule has 0 saturated carbocycles. The van der Waals surface area contributed by atoms with Crippen LogP contribution in [0.1, 0.15) is 32.3 Å². The molecule has 1 aliphatic heterocycles. The Morgan fingerprint density at radius 2 is 1.82 bits per heavy atom. The molecule has 0 aliphatic carbocycles. The van der Waals surface area contributed by atoms with Crippen molar-refractivity contribution in [1.29, 1.82) is 0 Å². The van der Waals surface area contributed by atoms with Gasteiger partial charge >= 0.3 is 0 Å². The third-order valence-corrected chi connectivity index (χ3v) is 5.91. The lowest BCUT2D eigenvalue weighted by atomic mass is 9.98. The summed E-state index contributed by atoms with van der Waals surface area (Å²) in [7, 11) is -3.12. The van der Waals surface area contributed by atoms with Crippen molar-refractivity contribution in [3.63, 3.8) is 0 Å². The number of rotatable bonds is 9. The summed E-state index contributed by atoms with van der Waals surface area (Å²) in [6, 6.07) is 5.55. The van der Waals surface area contributed by atoms with Crippen LogP contribution in [0.5, 0.6) is 11.5 Å². The zero-order valence-corrected chi connectivity index (χ0v) is 17.6. The maximum atomic E-state index is 12.1. The lowest BCUT2D eigenvalue weighted by Gasteiger charge is -2.30. The van der Waals surface area contributed by atoms with Crippen molar-refractivity contribution in [2.45, 2.75) is 26.7 Å². The topological polar surface area (TPSA) is 84.9 Å². The molecule has 1 saturated heterocycles. The monoisotopic (exact) mass is 410 g/mol. The summed E-state index contributed by atoms with van der Waals surface area (Å²) in [5.41, 5.74) is 0.850. The number of hydrogen-bond donors (Lipinski definition) is 1. The van der Waals surface area contributed by atoms with E-state index in [4.69, 9.17) is 9.47 Å². The van der Waals surface area contributed by atoms with Crippen LogP contribution < -0.4 is 14.8 Å².